The second kappa shape index (κ2) is 9.14. The van der Waals surface area contributed by atoms with E-state index in [-0.39, 0.29) is 5.69 Å². The smallest absolute Gasteiger partial charge is 0.348 e. The van der Waals surface area contributed by atoms with Gasteiger partial charge in [-0.25, -0.2) is 4.79 Å². The molecule has 7 heteroatoms. The first-order valence-corrected chi connectivity index (χ1v) is 11.2. The van der Waals surface area contributed by atoms with Crippen LogP contribution in [-0.4, -0.2) is 54.3 Å². The highest BCUT2D eigenvalue weighted by atomic mass is 16.5. The summed E-state index contributed by atoms with van der Waals surface area (Å²) >= 11 is 0. The molecule has 2 aromatic carbocycles. The maximum Gasteiger partial charge on any atom is 0.348 e. The Morgan fingerprint density at radius 2 is 1.84 bits per heavy atom. The number of benzene rings is 2. The number of furan rings is 1. The molecule has 0 radical (unpaired) electrons. The maximum absolute atomic E-state index is 12.9. The maximum atomic E-state index is 12.9. The van der Waals surface area contributed by atoms with Crippen molar-refractivity contribution in [1.82, 2.24) is 14.5 Å². The highest BCUT2D eigenvalue weighted by Crippen LogP contribution is 2.33. The Kier molecular flexibility index (Phi) is 5.92. The summed E-state index contributed by atoms with van der Waals surface area (Å²) in [5.41, 5.74) is 4.31. The fraction of sp³-hybridized carbons (Fsp3) is 0.360. The molecule has 3 heterocycles. The predicted octanol–water partition coefficient (Wildman–Crippen LogP) is 3.96. The normalized spacial score (nSPS) is 14.5. The largest absolute Gasteiger partial charge is 0.452 e. The van der Waals surface area contributed by atoms with Crippen LogP contribution in [0.4, 0.5) is 5.69 Å². The van der Waals surface area contributed by atoms with Crippen molar-refractivity contribution in [2.75, 3.05) is 45.2 Å². The van der Waals surface area contributed by atoms with E-state index in [9.17, 15) is 4.79 Å². The molecule has 1 saturated heterocycles. The molecule has 166 valence electrons. The van der Waals surface area contributed by atoms with E-state index in [0.717, 1.165) is 40.8 Å². The van der Waals surface area contributed by atoms with Crippen molar-refractivity contribution in [2.24, 2.45) is 0 Å². The minimum absolute atomic E-state index is 0.302. The number of hydrogen-bond donors (Lipinski definition) is 1. The summed E-state index contributed by atoms with van der Waals surface area (Å²) in [7, 11) is 1.62. The van der Waals surface area contributed by atoms with Crippen LogP contribution in [0.15, 0.2) is 57.7 Å². The van der Waals surface area contributed by atoms with Gasteiger partial charge in [0.2, 0.25) is 0 Å². The Hall–Kier alpha value is -3.16. The number of nitrogens with zero attached hydrogens (tertiary/aromatic N) is 3. The van der Waals surface area contributed by atoms with Gasteiger partial charge in [-0.05, 0) is 50.2 Å². The van der Waals surface area contributed by atoms with Crippen LogP contribution < -0.4 is 11.0 Å². The lowest BCUT2D eigenvalue weighted by molar-refractivity contribution is 0.187. The van der Waals surface area contributed by atoms with E-state index in [1.54, 1.807) is 11.7 Å². The number of fused-ring (bicyclic) bond motifs is 3. The summed E-state index contributed by atoms with van der Waals surface area (Å²) in [5.74, 6) is 0. The molecule has 0 amide bonds. The SMILES string of the molecule is COCCn1c(=O)nc(-c2ccc(NCCN3CCCC3)cc2)c2oc3ccccc3c21. The van der Waals surface area contributed by atoms with Gasteiger partial charge >= 0.3 is 5.69 Å². The van der Waals surface area contributed by atoms with Gasteiger partial charge in [-0.2, -0.15) is 4.98 Å². The van der Waals surface area contributed by atoms with E-state index in [1.807, 2.05) is 48.5 Å². The topological polar surface area (TPSA) is 72.5 Å². The Bertz CT molecular complexity index is 1270. The summed E-state index contributed by atoms with van der Waals surface area (Å²) in [4.78, 5) is 19.8. The Morgan fingerprint density at radius 3 is 2.62 bits per heavy atom. The molecular weight excluding hydrogens is 404 g/mol. The van der Waals surface area contributed by atoms with Gasteiger partial charge in [-0.15, -0.1) is 0 Å². The minimum Gasteiger partial charge on any atom is -0.452 e. The molecule has 4 aromatic rings. The van der Waals surface area contributed by atoms with Crippen molar-refractivity contribution in [3.8, 4) is 11.3 Å². The zero-order valence-electron chi connectivity index (χ0n) is 18.3. The molecule has 0 saturated carbocycles. The molecule has 1 aliphatic rings. The van der Waals surface area contributed by atoms with E-state index >= 15 is 0 Å². The lowest BCUT2D eigenvalue weighted by atomic mass is 10.1. The van der Waals surface area contributed by atoms with Crippen LogP contribution >= 0.6 is 0 Å². The molecule has 1 aliphatic heterocycles. The monoisotopic (exact) mass is 432 g/mol. The molecular formula is C25H28N4O3. The molecule has 0 spiro atoms. The summed E-state index contributed by atoms with van der Waals surface area (Å²) in [6.07, 6.45) is 2.62. The first-order chi connectivity index (χ1) is 15.7. The first-order valence-electron chi connectivity index (χ1n) is 11.2. The van der Waals surface area contributed by atoms with Gasteiger partial charge in [0.15, 0.2) is 5.58 Å². The number of anilines is 1. The number of nitrogens with one attached hydrogen (secondary N) is 1. The summed E-state index contributed by atoms with van der Waals surface area (Å²) in [6.45, 7) is 5.23. The summed E-state index contributed by atoms with van der Waals surface area (Å²) < 4.78 is 13.0. The molecule has 0 unspecified atom stereocenters. The summed E-state index contributed by atoms with van der Waals surface area (Å²) in [5, 5.41) is 4.39. The lowest BCUT2D eigenvalue weighted by Crippen LogP contribution is -2.26. The number of likely N-dealkylation sites (tertiary alicyclic amines) is 1. The van der Waals surface area contributed by atoms with Gasteiger partial charge in [0, 0.05) is 36.8 Å². The molecule has 7 nitrogen and oxygen atoms in total. The summed E-state index contributed by atoms with van der Waals surface area (Å²) in [6, 6.07) is 15.8. The van der Waals surface area contributed by atoms with Crippen molar-refractivity contribution >= 4 is 27.8 Å². The number of hydrogen-bond acceptors (Lipinski definition) is 6. The fourth-order valence-corrected chi connectivity index (χ4v) is 4.46. The van der Waals surface area contributed by atoms with E-state index < -0.39 is 0 Å². The zero-order chi connectivity index (χ0) is 21.9. The van der Waals surface area contributed by atoms with E-state index in [1.165, 1.54) is 25.9 Å². The molecule has 0 bridgehead atoms. The second-order valence-electron chi connectivity index (χ2n) is 8.22. The van der Waals surface area contributed by atoms with E-state index in [0.29, 0.717) is 24.4 Å². The van der Waals surface area contributed by atoms with Crippen LogP contribution in [0.2, 0.25) is 0 Å². The third-order valence-electron chi connectivity index (χ3n) is 6.13. The highest BCUT2D eigenvalue weighted by molar-refractivity contribution is 6.06. The average Bonchev–Trinajstić information content (AvgIpc) is 3.47. The number of aromatic nitrogens is 2. The van der Waals surface area contributed by atoms with Crippen molar-refractivity contribution in [3.63, 3.8) is 0 Å². The molecule has 0 atom stereocenters. The minimum atomic E-state index is -0.302. The van der Waals surface area contributed by atoms with Crippen LogP contribution in [-0.2, 0) is 11.3 Å². The van der Waals surface area contributed by atoms with Crippen molar-refractivity contribution in [1.29, 1.82) is 0 Å². The molecule has 32 heavy (non-hydrogen) atoms. The first kappa shape index (κ1) is 20.7. The van der Waals surface area contributed by atoms with Crippen LogP contribution in [0.5, 0.6) is 0 Å². The lowest BCUT2D eigenvalue weighted by Gasteiger charge is -2.15. The quantitative estimate of drug-likeness (QED) is 0.454. The highest BCUT2D eigenvalue weighted by Gasteiger charge is 2.19. The van der Waals surface area contributed by atoms with Gasteiger partial charge in [-0.3, -0.25) is 4.57 Å². The van der Waals surface area contributed by atoms with Crippen LogP contribution in [0.1, 0.15) is 12.8 Å². The number of methoxy groups -OCH3 is 1. The zero-order valence-corrected chi connectivity index (χ0v) is 18.3. The van der Waals surface area contributed by atoms with Gasteiger partial charge in [0.05, 0.1) is 13.2 Å². The number of para-hydroxylation sites is 1. The molecule has 5 rings (SSSR count). The van der Waals surface area contributed by atoms with Crippen molar-refractivity contribution in [3.05, 3.63) is 59.0 Å². The van der Waals surface area contributed by atoms with Gasteiger partial charge < -0.3 is 19.4 Å². The van der Waals surface area contributed by atoms with Crippen LogP contribution in [0.3, 0.4) is 0 Å². The number of rotatable bonds is 8. The predicted molar refractivity (Wildman–Crippen MR) is 127 cm³/mol. The third-order valence-corrected chi connectivity index (χ3v) is 6.13. The van der Waals surface area contributed by atoms with E-state index in [4.69, 9.17) is 9.15 Å². The second-order valence-corrected chi connectivity index (χ2v) is 8.22. The van der Waals surface area contributed by atoms with Crippen LogP contribution in [0.25, 0.3) is 33.3 Å². The fourth-order valence-electron chi connectivity index (χ4n) is 4.46. The Labute approximate surface area is 186 Å². The molecule has 1 N–H and O–H groups in total. The average molecular weight is 433 g/mol. The van der Waals surface area contributed by atoms with E-state index in [2.05, 4.69) is 15.2 Å². The van der Waals surface area contributed by atoms with Crippen molar-refractivity contribution in [2.45, 2.75) is 19.4 Å². The van der Waals surface area contributed by atoms with Gasteiger partial charge in [0.25, 0.3) is 0 Å². The van der Waals surface area contributed by atoms with Gasteiger partial charge in [0.1, 0.15) is 16.8 Å². The standard InChI is InChI=1S/C25H28N4O3/c1-31-17-16-29-23-20-6-2-3-7-21(20)32-24(23)22(27-25(29)30)18-8-10-19(11-9-18)26-12-15-28-13-4-5-14-28/h2-3,6-11,26H,4-5,12-17H2,1H3. The molecule has 0 aliphatic carbocycles. The van der Waals surface area contributed by atoms with Gasteiger partial charge in [-0.1, -0.05) is 24.3 Å². The third kappa shape index (κ3) is 4.01. The molecule has 2 aromatic heterocycles. The van der Waals surface area contributed by atoms with Crippen molar-refractivity contribution < 1.29 is 9.15 Å². The van der Waals surface area contributed by atoms with Crippen LogP contribution in [0, 0.1) is 0 Å². The Balaban J connectivity index is 1.47. The number of ether oxygens (including phenoxy) is 1. The molecule has 1 fully saturated rings. The Morgan fingerprint density at radius 1 is 1.06 bits per heavy atom.